The maximum Gasteiger partial charge on any atom is 0.456 e. The van der Waals surface area contributed by atoms with Crippen molar-refractivity contribution in [1.29, 1.82) is 0 Å². The maximum atomic E-state index is 13.2. The Balaban J connectivity index is -0.000000170. The second kappa shape index (κ2) is 27.9. The predicted molar refractivity (Wildman–Crippen MR) is 231 cm³/mol. The lowest BCUT2D eigenvalue weighted by Crippen LogP contribution is -2.23. The molecule has 11 atom stereocenters. The molecule has 23 nitrogen and oxygen atoms in total. The molecule has 0 aliphatic heterocycles. The zero-order valence-corrected chi connectivity index (χ0v) is 47.6. The first kappa shape index (κ1) is 78.5. The Hall–Kier alpha value is 1.04. The number of ketones is 2. The maximum absolute atomic E-state index is 13.2. The van der Waals surface area contributed by atoms with Crippen LogP contribution in [-0.2, 0) is 81.6 Å². The quantitative estimate of drug-likeness (QED) is 0.0667. The van der Waals surface area contributed by atoms with Crippen LogP contribution in [0.2, 0.25) is 0 Å². The van der Waals surface area contributed by atoms with Crippen LogP contribution in [0.1, 0.15) is 27.7 Å². The highest BCUT2D eigenvalue weighted by Crippen LogP contribution is 2.82. The second-order valence-corrected chi connectivity index (χ2v) is 41.7. The summed E-state index contributed by atoms with van der Waals surface area (Å²) >= 11 is 0. The van der Waals surface area contributed by atoms with Crippen LogP contribution in [-0.4, -0.2) is 126 Å². The summed E-state index contributed by atoms with van der Waals surface area (Å²) in [7, 11) is -57.8. The molecule has 66 heavy (non-hydrogen) atoms. The van der Waals surface area contributed by atoms with Crippen molar-refractivity contribution in [1.82, 2.24) is 0 Å². The summed E-state index contributed by atoms with van der Waals surface area (Å²) in [5.74, 6) is -2.22. The fourth-order valence-electron chi connectivity index (χ4n) is 2.52. The number of carbonyl (C=O) groups is 2. The van der Waals surface area contributed by atoms with Gasteiger partial charge in [-0.15, -0.1) is 0 Å². The normalized spacial score (nSPS) is 21.7. The molecule has 6 N–H and O–H groups in total. The summed E-state index contributed by atoms with van der Waals surface area (Å²) in [6.45, 7) is 14.3. The van der Waals surface area contributed by atoms with Gasteiger partial charge in [0.2, 0.25) is 29.5 Å². The van der Waals surface area contributed by atoms with Crippen LogP contribution in [0, 0.1) is 0 Å². The molecule has 404 valence electrons. The number of Topliss-reactive ketones (excluding diaryl/α,β-unsaturated/α-hetero) is 2. The fourth-order valence-corrected chi connectivity index (χ4v) is 24.2. The minimum Gasteiger partial charge on any atom is -0.344 e. The van der Waals surface area contributed by atoms with Gasteiger partial charge >= 0.3 is 56.9 Å². The number of carbonyl (C=O) groups excluding carboxylic acids is 2. The van der Waals surface area contributed by atoms with Crippen molar-refractivity contribution >= 4 is 102 Å². The summed E-state index contributed by atoms with van der Waals surface area (Å²) in [5, 5.41) is -10.3. The Kier molecular flexibility index (Phi) is 33.2. The third-order valence-corrected chi connectivity index (χ3v) is 28.2. The molecule has 11 unspecified atom stereocenters. The highest BCUT2D eigenvalue weighted by Gasteiger charge is 2.69. The average molecular weight is 1230 g/mol. The van der Waals surface area contributed by atoms with Crippen LogP contribution in [0.25, 0.3) is 0 Å². The van der Waals surface area contributed by atoms with Crippen molar-refractivity contribution in [3.05, 3.63) is 0 Å². The van der Waals surface area contributed by atoms with Crippen molar-refractivity contribution in [3.8, 4) is 0 Å². The van der Waals surface area contributed by atoms with Crippen molar-refractivity contribution in [3.63, 3.8) is 0 Å². The van der Waals surface area contributed by atoms with E-state index in [0.717, 1.165) is 20.0 Å². The largest absolute Gasteiger partial charge is 0.456 e. The highest BCUT2D eigenvalue weighted by atomic mass is 31.3. The summed E-state index contributed by atoms with van der Waals surface area (Å²) < 4.78 is 266. The van der Waals surface area contributed by atoms with E-state index in [1.165, 1.54) is 40.8 Å². The summed E-state index contributed by atoms with van der Waals surface area (Å²) in [4.78, 5) is 52.8. The number of halogens is 10. The van der Waals surface area contributed by atoms with E-state index < -0.39 is 113 Å². The van der Waals surface area contributed by atoms with Gasteiger partial charge in [0.05, 0.1) is 6.04 Å². The van der Waals surface area contributed by atoms with Crippen molar-refractivity contribution in [2.75, 3.05) is 78.5 Å². The number of alkyl halides is 4. The van der Waals surface area contributed by atoms with E-state index in [2.05, 4.69) is 12.9 Å². The number of nitrogens with two attached hydrogens (primary N) is 1. The van der Waals surface area contributed by atoms with Gasteiger partial charge in [0, 0.05) is 66.6 Å². The molecule has 0 aromatic rings. The van der Waals surface area contributed by atoms with Gasteiger partial charge in [0.25, 0.3) is 14.7 Å². The molecule has 45 heteroatoms. The van der Waals surface area contributed by atoms with Crippen LogP contribution in [0.3, 0.4) is 0 Å². The molecule has 0 radical (unpaired) electrons. The van der Waals surface area contributed by atoms with E-state index in [4.69, 9.17) is 29.6 Å². The lowest BCUT2D eigenvalue weighted by atomic mass is 10.3. The van der Waals surface area contributed by atoms with E-state index in [1.807, 2.05) is 0 Å². The van der Waals surface area contributed by atoms with Crippen LogP contribution in [0.5, 0.6) is 0 Å². The molecule has 0 rings (SSSR count). The molecule has 0 aromatic carbocycles. The van der Waals surface area contributed by atoms with Crippen molar-refractivity contribution in [2.24, 2.45) is 5.73 Å². The van der Waals surface area contributed by atoms with E-state index in [-0.39, 0.29) is 24.3 Å². The standard InChI is InChI=1S/C5H13F2O5P3.C5H15O5P3.C4H9NO.C3H6O.C2H4F5O5P3.C2H6F3O5P3/c1-13(2,8)12-15(4,11)5(6,7)14(3,9)10;1-11(2,6)10-13(4,9)5-12(3,7)8;1-3(5)4(2)6;1-3(2)4;1-13(5,8)12-15(7,11)2(3,4)14(6,9)10;1-11(3,6)10-13(5,9)2-12(4,7)8/h1-4H3,(H,9,10);5H2,1-4H3,(H,7,8);3H,5H2,1-2H3;1-2H3;1H3,(H,9,10);2H2,1H3,(H,7,8). The lowest BCUT2D eigenvalue weighted by Gasteiger charge is -2.26. The first-order valence-electron chi connectivity index (χ1n) is 16.0. The molecule has 0 aliphatic rings. The topological polar surface area (TPSA) is 383 Å². The Morgan fingerprint density at radius 3 is 1.02 bits per heavy atom. The zero-order chi connectivity index (χ0) is 56.0. The van der Waals surface area contributed by atoms with Crippen LogP contribution >= 0.6 is 90.3 Å². The van der Waals surface area contributed by atoms with E-state index in [1.54, 1.807) is 6.92 Å². The van der Waals surface area contributed by atoms with Gasteiger partial charge in [0.15, 0.2) is 5.90 Å². The smallest absolute Gasteiger partial charge is 0.344 e. The van der Waals surface area contributed by atoms with Gasteiger partial charge in [-0.25, -0.2) is 17.8 Å². The first-order chi connectivity index (χ1) is 27.6. The molecule has 0 saturated carbocycles. The number of hydrogen-bond donors (Lipinski definition) is 5. The summed E-state index contributed by atoms with van der Waals surface area (Å²) in [5.41, 5.74) is 5.09. The summed E-state index contributed by atoms with van der Waals surface area (Å²) in [6, 6.07) is -0.287. The summed E-state index contributed by atoms with van der Waals surface area (Å²) in [6.07, 6.45) is 0. The average Bonchev–Trinajstić information content (AvgIpc) is 2.84. The van der Waals surface area contributed by atoms with Crippen LogP contribution in [0.15, 0.2) is 0 Å². The third-order valence-electron chi connectivity index (χ3n) is 4.39. The minimum absolute atomic E-state index is 0.0319. The van der Waals surface area contributed by atoms with Gasteiger partial charge in [-0.1, -0.05) is 0 Å². The van der Waals surface area contributed by atoms with Gasteiger partial charge < -0.3 is 30.1 Å². The molecule has 0 aromatic heterocycles. The van der Waals surface area contributed by atoms with Crippen molar-refractivity contribution in [2.45, 2.75) is 44.5 Å². The Labute approximate surface area is 373 Å². The molecule has 0 saturated heterocycles. The van der Waals surface area contributed by atoms with Gasteiger partial charge in [0.1, 0.15) is 17.5 Å². The first-order valence-corrected chi connectivity index (χ1v) is 40.2. The van der Waals surface area contributed by atoms with E-state index in [0.29, 0.717) is 20.0 Å². The van der Waals surface area contributed by atoms with Gasteiger partial charge in [-0.2, -0.15) is 42.7 Å². The Bertz CT molecular complexity index is 2020. The Morgan fingerprint density at radius 2 is 0.833 bits per heavy atom. The Morgan fingerprint density at radius 1 is 0.545 bits per heavy atom. The molecule has 0 heterocycles. The molecule has 0 spiro atoms. The fraction of sp³-hybridized carbons (Fsp3) is 0.905. The zero-order valence-electron chi connectivity index (χ0n) is 36.9. The second-order valence-electron chi connectivity index (χ2n) is 13.9. The molecular weight excluding hydrogens is 1180 g/mol. The monoisotopic (exact) mass is 1230 g/mol. The van der Waals surface area contributed by atoms with E-state index >= 15 is 0 Å². The molecule has 0 aliphatic carbocycles. The van der Waals surface area contributed by atoms with Crippen LogP contribution < -0.4 is 5.73 Å². The molecule has 0 bridgehead atoms. The molecular formula is C21H53F10NO22P12. The SMILES string of the molecule is CC(=O)C(C)N.CC(C)=O.CP(=O)(F)OP(=O)(F)C(F)(F)P(=O)(O)F.CP(=O)(F)OP(=O)(F)CP(=O)(O)F.CP(=O)(O)CP(C)(=O)OP(C)(C)=O.CP(C)(=O)OP(C)(=O)C(F)(F)P(C)(=O)O. The third kappa shape index (κ3) is 44.9. The van der Waals surface area contributed by atoms with Crippen molar-refractivity contribution < 1.29 is 144 Å². The molecule has 0 fully saturated rings. The lowest BCUT2D eigenvalue weighted by molar-refractivity contribution is -0.118. The van der Waals surface area contributed by atoms with Crippen LogP contribution in [0.4, 0.5) is 42.7 Å². The number of hydrogen-bond acceptors (Lipinski definition) is 19. The van der Waals surface area contributed by atoms with Gasteiger partial charge in [-0.05, 0) is 27.7 Å². The predicted octanol–water partition coefficient (Wildman–Crippen LogP) is 12.5. The highest BCUT2D eigenvalue weighted by molar-refractivity contribution is 7.81. The van der Waals surface area contributed by atoms with Gasteiger partial charge in [-0.3, -0.25) is 59.1 Å². The minimum atomic E-state index is -7.00. The van der Waals surface area contributed by atoms with E-state index in [9.17, 15) is 107 Å². The number of rotatable bonds is 17. The molecule has 0 amide bonds.